The lowest BCUT2D eigenvalue weighted by atomic mass is 10.0. The van der Waals surface area contributed by atoms with Gasteiger partial charge in [0.1, 0.15) is 6.33 Å². The van der Waals surface area contributed by atoms with Gasteiger partial charge in [0.25, 0.3) is 0 Å². The first kappa shape index (κ1) is 15.8. The summed E-state index contributed by atoms with van der Waals surface area (Å²) in [5.74, 6) is 1.68. The zero-order valence-electron chi connectivity index (χ0n) is 12.9. The molecule has 0 aliphatic carbocycles. The molecule has 0 radical (unpaired) electrons. The largest absolute Gasteiger partial charge is 0.490 e. The summed E-state index contributed by atoms with van der Waals surface area (Å²) in [6, 6.07) is 3.52. The van der Waals surface area contributed by atoms with E-state index in [4.69, 9.17) is 9.47 Å². The molecular weight excluding hydrogens is 364 g/mol. The molecule has 23 heavy (non-hydrogen) atoms. The minimum atomic E-state index is -0.245. The maximum atomic E-state index is 11.9. The van der Waals surface area contributed by atoms with Crippen LogP contribution in [-0.2, 0) is 4.79 Å². The molecule has 1 N–H and O–H groups in total. The maximum Gasteiger partial charge on any atom is 0.229 e. The van der Waals surface area contributed by atoms with E-state index in [-0.39, 0.29) is 18.4 Å². The number of halogens is 1. The van der Waals surface area contributed by atoms with Gasteiger partial charge in [-0.15, -0.1) is 0 Å². The predicted octanol–water partition coefficient (Wildman–Crippen LogP) is 2.77. The van der Waals surface area contributed by atoms with E-state index in [2.05, 4.69) is 31.3 Å². The first-order valence-corrected chi connectivity index (χ1v) is 8.21. The molecule has 122 valence electrons. The van der Waals surface area contributed by atoms with Gasteiger partial charge in [-0.25, -0.2) is 4.68 Å². The molecule has 3 rings (SSSR count). The fourth-order valence-electron chi connectivity index (χ4n) is 2.59. The Morgan fingerprint density at radius 1 is 1.30 bits per heavy atom. The zero-order valence-corrected chi connectivity index (χ0v) is 14.5. The molecule has 1 unspecified atom stereocenters. The van der Waals surface area contributed by atoms with Crippen molar-refractivity contribution in [2.24, 2.45) is 0 Å². The number of anilines is 1. The Kier molecular flexibility index (Phi) is 4.51. The highest BCUT2D eigenvalue weighted by molar-refractivity contribution is 9.10. The van der Waals surface area contributed by atoms with Crippen LogP contribution in [0.5, 0.6) is 11.5 Å². The average molecular weight is 381 g/mol. The summed E-state index contributed by atoms with van der Waals surface area (Å²) in [6.07, 6.45) is 1.72. The SMILES string of the molecule is CCOc1cc(Br)c(C2CC(=O)Nc3ncnn32)cc1OCC. The Balaban J connectivity index is 2.06. The summed E-state index contributed by atoms with van der Waals surface area (Å²) < 4.78 is 13.8. The van der Waals surface area contributed by atoms with Crippen molar-refractivity contribution in [2.75, 3.05) is 18.5 Å². The molecule has 1 aliphatic rings. The van der Waals surface area contributed by atoms with Crippen LogP contribution in [0.1, 0.15) is 31.9 Å². The molecule has 1 aromatic heterocycles. The third-order valence-corrected chi connectivity index (χ3v) is 4.21. The van der Waals surface area contributed by atoms with E-state index in [1.807, 2.05) is 26.0 Å². The van der Waals surface area contributed by atoms with Crippen LogP contribution in [0.4, 0.5) is 5.95 Å². The van der Waals surface area contributed by atoms with Crippen LogP contribution in [-0.4, -0.2) is 33.9 Å². The fraction of sp³-hybridized carbons (Fsp3) is 0.400. The van der Waals surface area contributed by atoms with Gasteiger partial charge < -0.3 is 9.47 Å². The summed E-state index contributed by atoms with van der Waals surface area (Å²) in [4.78, 5) is 16.0. The molecular formula is C15H17BrN4O3. The van der Waals surface area contributed by atoms with Crippen LogP contribution in [0.25, 0.3) is 0 Å². The molecule has 0 saturated carbocycles. The highest BCUT2D eigenvalue weighted by atomic mass is 79.9. The minimum absolute atomic E-state index is 0.0887. The normalized spacial score (nSPS) is 16.7. The summed E-state index contributed by atoms with van der Waals surface area (Å²) >= 11 is 3.57. The second kappa shape index (κ2) is 6.57. The van der Waals surface area contributed by atoms with E-state index >= 15 is 0 Å². The van der Waals surface area contributed by atoms with Crippen molar-refractivity contribution < 1.29 is 14.3 Å². The van der Waals surface area contributed by atoms with Gasteiger partial charge >= 0.3 is 0 Å². The van der Waals surface area contributed by atoms with Crippen molar-refractivity contribution in [3.8, 4) is 11.5 Å². The molecule has 1 aliphatic heterocycles. The van der Waals surface area contributed by atoms with E-state index in [9.17, 15) is 4.79 Å². The molecule has 0 saturated heterocycles. The van der Waals surface area contributed by atoms with E-state index < -0.39 is 0 Å². The Hall–Kier alpha value is -2.09. The topological polar surface area (TPSA) is 78.3 Å². The minimum Gasteiger partial charge on any atom is -0.490 e. The molecule has 8 heteroatoms. The molecule has 7 nitrogen and oxygen atoms in total. The molecule has 0 spiro atoms. The number of ether oxygens (including phenoxy) is 2. The summed E-state index contributed by atoms with van der Waals surface area (Å²) in [7, 11) is 0. The van der Waals surface area contributed by atoms with Gasteiger partial charge in [0, 0.05) is 4.47 Å². The number of hydrogen-bond acceptors (Lipinski definition) is 5. The van der Waals surface area contributed by atoms with Crippen LogP contribution >= 0.6 is 15.9 Å². The Labute approximate surface area is 142 Å². The van der Waals surface area contributed by atoms with Crippen LogP contribution in [0.15, 0.2) is 22.9 Å². The van der Waals surface area contributed by atoms with Gasteiger partial charge in [-0.3, -0.25) is 10.1 Å². The number of aromatic nitrogens is 3. The van der Waals surface area contributed by atoms with E-state index in [0.717, 1.165) is 10.0 Å². The molecule has 2 heterocycles. The van der Waals surface area contributed by atoms with Crippen LogP contribution in [0.2, 0.25) is 0 Å². The molecule has 0 fully saturated rings. The van der Waals surface area contributed by atoms with Crippen molar-refractivity contribution in [1.29, 1.82) is 0 Å². The molecule has 1 atom stereocenters. The lowest BCUT2D eigenvalue weighted by Crippen LogP contribution is -2.29. The molecule has 1 aromatic carbocycles. The second-order valence-electron chi connectivity index (χ2n) is 4.98. The predicted molar refractivity (Wildman–Crippen MR) is 87.9 cm³/mol. The van der Waals surface area contributed by atoms with Crippen molar-refractivity contribution in [1.82, 2.24) is 14.8 Å². The van der Waals surface area contributed by atoms with E-state index in [1.54, 1.807) is 4.68 Å². The Morgan fingerprint density at radius 3 is 2.70 bits per heavy atom. The smallest absolute Gasteiger partial charge is 0.229 e. The average Bonchev–Trinajstić information content (AvgIpc) is 2.97. The van der Waals surface area contributed by atoms with Crippen LogP contribution in [0, 0.1) is 0 Å². The van der Waals surface area contributed by atoms with Gasteiger partial charge in [-0.2, -0.15) is 10.1 Å². The number of nitrogens with zero attached hydrogens (tertiary/aromatic N) is 3. The highest BCUT2D eigenvalue weighted by Crippen LogP contribution is 2.40. The molecule has 0 bridgehead atoms. The quantitative estimate of drug-likeness (QED) is 0.862. The van der Waals surface area contributed by atoms with Crippen LogP contribution < -0.4 is 14.8 Å². The fourth-order valence-corrected chi connectivity index (χ4v) is 3.18. The Morgan fingerprint density at radius 2 is 2.00 bits per heavy atom. The second-order valence-corrected chi connectivity index (χ2v) is 5.84. The lowest BCUT2D eigenvalue weighted by molar-refractivity contribution is -0.117. The number of fused-ring (bicyclic) bond motifs is 1. The highest BCUT2D eigenvalue weighted by Gasteiger charge is 2.30. The first-order chi connectivity index (χ1) is 11.1. The van der Waals surface area contributed by atoms with Crippen molar-refractivity contribution >= 4 is 27.8 Å². The number of carbonyl (C=O) groups is 1. The number of nitrogens with one attached hydrogen (secondary N) is 1. The molecule has 2 aromatic rings. The third-order valence-electron chi connectivity index (χ3n) is 3.52. The van der Waals surface area contributed by atoms with Crippen molar-refractivity contribution in [3.63, 3.8) is 0 Å². The van der Waals surface area contributed by atoms with Crippen molar-refractivity contribution in [2.45, 2.75) is 26.3 Å². The monoisotopic (exact) mass is 380 g/mol. The summed E-state index contributed by atoms with van der Waals surface area (Å²) in [5.41, 5.74) is 0.901. The number of rotatable bonds is 5. The van der Waals surface area contributed by atoms with E-state index in [1.165, 1.54) is 6.33 Å². The van der Waals surface area contributed by atoms with Gasteiger partial charge in [0.15, 0.2) is 11.5 Å². The number of carbonyl (C=O) groups excluding carboxylic acids is 1. The standard InChI is InChI=1S/C15H17BrN4O3/c1-3-22-12-5-9(10(16)6-13(12)23-4-2)11-7-14(21)19-15-17-8-18-20(11)15/h5-6,8,11H,3-4,7H2,1-2H3,(H,17,18,19,21). The van der Waals surface area contributed by atoms with Crippen molar-refractivity contribution in [3.05, 3.63) is 28.5 Å². The zero-order chi connectivity index (χ0) is 16.4. The first-order valence-electron chi connectivity index (χ1n) is 7.42. The number of hydrogen-bond donors (Lipinski definition) is 1. The van der Waals surface area contributed by atoms with Crippen LogP contribution in [0.3, 0.4) is 0 Å². The van der Waals surface area contributed by atoms with Gasteiger partial charge in [0.2, 0.25) is 11.9 Å². The van der Waals surface area contributed by atoms with Gasteiger partial charge in [0.05, 0.1) is 25.7 Å². The maximum absolute atomic E-state index is 11.9. The number of amides is 1. The Bertz CT molecular complexity index is 732. The summed E-state index contributed by atoms with van der Waals surface area (Å²) in [5, 5.41) is 6.93. The lowest BCUT2D eigenvalue weighted by Gasteiger charge is -2.25. The van der Waals surface area contributed by atoms with Gasteiger partial charge in [-0.1, -0.05) is 15.9 Å². The van der Waals surface area contributed by atoms with E-state index in [0.29, 0.717) is 30.7 Å². The molecule has 1 amide bonds. The van der Waals surface area contributed by atoms with Gasteiger partial charge in [-0.05, 0) is 31.5 Å². The third kappa shape index (κ3) is 3.03. The number of benzene rings is 1. The summed E-state index contributed by atoms with van der Waals surface area (Å²) in [6.45, 7) is 4.91.